The van der Waals surface area contributed by atoms with E-state index < -0.39 is 5.60 Å². The Labute approximate surface area is 115 Å². The van der Waals surface area contributed by atoms with Crippen LogP contribution in [0.2, 0.25) is 0 Å². The van der Waals surface area contributed by atoms with Crippen LogP contribution in [0.3, 0.4) is 0 Å². The van der Waals surface area contributed by atoms with E-state index in [4.69, 9.17) is 4.74 Å². The van der Waals surface area contributed by atoms with E-state index in [2.05, 4.69) is 6.58 Å². The Balaban J connectivity index is 2.77. The van der Waals surface area contributed by atoms with E-state index in [1.807, 2.05) is 58.0 Å². The largest absolute Gasteiger partial charge is 0.444 e. The summed E-state index contributed by atoms with van der Waals surface area (Å²) in [5.74, 6) is 0. The molecule has 1 amide bonds. The number of benzene rings is 1. The van der Waals surface area contributed by atoms with Crippen molar-refractivity contribution in [2.75, 3.05) is 6.54 Å². The van der Waals surface area contributed by atoms with Gasteiger partial charge in [0.1, 0.15) is 5.60 Å². The van der Waals surface area contributed by atoms with Crippen molar-refractivity contribution in [2.45, 2.75) is 39.8 Å². The van der Waals surface area contributed by atoms with E-state index >= 15 is 0 Å². The highest BCUT2D eigenvalue weighted by molar-refractivity contribution is 5.68. The third-order valence-electron chi connectivity index (χ3n) is 2.33. The molecule has 0 atom stereocenters. The highest BCUT2D eigenvalue weighted by Crippen LogP contribution is 2.13. The summed E-state index contributed by atoms with van der Waals surface area (Å²) in [6.07, 6.45) is -0.306. The van der Waals surface area contributed by atoms with Crippen LogP contribution in [0.1, 0.15) is 33.3 Å². The Morgan fingerprint density at radius 2 is 1.84 bits per heavy atom. The lowest BCUT2D eigenvalue weighted by Gasteiger charge is -2.27. The second kappa shape index (κ2) is 6.41. The highest BCUT2D eigenvalue weighted by Gasteiger charge is 2.22. The molecule has 0 fully saturated rings. The van der Waals surface area contributed by atoms with Gasteiger partial charge in [-0.1, -0.05) is 42.5 Å². The van der Waals surface area contributed by atoms with E-state index in [0.29, 0.717) is 13.1 Å². The summed E-state index contributed by atoms with van der Waals surface area (Å²) in [7, 11) is 0. The van der Waals surface area contributed by atoms with E-state index in [1.165, 1.54) is 0 Å². The Morgan fingerprint density at radius 3 is 2.32 bits per heavy atom. The number of carbonyl (C=O) groups is 1. The topological polar surface area (TPSA) is 29.5 Å². The zero-order valence-electron chi connectivity index (χ0n) is 12.3. The molecule has 0 bridgehead atoms. The van der Waals surface area contributed by atoms with Gasteiger partial charge in [0.15, 0.2) is 0 Å². The quantitative estimate of drug-likeness (QED) is 0.767. The summed E-state index contributed by atoms with van der Waals surface area (Å²) < 4.78 is 5.42. The van der Waals surface area contributed by atoms with E-state index in [9.17, 15) is 4.79 Å². The maximum absolute atomic E-state index is 12.2. The molecule has 0 aliphatic heterocycles. The minimum Gasteiger partial charge on any atom is -0.444 e. The van der Waals surface area contributed by atoms with Crippen LogP contribution in [0.4, 0.5) is 4.79 Å². The molecule has 1 aromatic carbocycles. The van der Waals surface area contributed by atoms with Gasteiger partial charge in [0.05, 0.1) is 0 Å². The number of ether oxygens (including phenoxy) is 1. The zero-order chi connectivity index (χ0) is 14.5. The summed E-state index contributed by atoms with van der Waals surface area (Å²) in [6.45, 7) is 12.4. The Morgan fingerprint density at radius 1 is 1.26 bits per heavy atom. The molecule has 0 heterocycles. The van der Waals surface area contributed by atoms with Gasteiger partial charge >= 0.3 is 6.09 Å². The summed E-state index contributed by atoms with van der Waals surface area (Å²) in [4.78, 5) is 13.8. The fourth-order valence-electron chi connectivity index (χ4n) is 1.64. The van der Waals surface area contributed by atoms with Crippen LogP contribution in [0.15, 0.2) is 42.5 Å². The maximum Gasteiger partial charge on any atom is 0.410 e. The van der Waals surface area contributed by atoms with Gasteiger partial charge in [0.2, 0.25) is 0 Å². The number of amides is 1. The van der Waals surface area contributed by atoms with Gasteiger partial charge in [0.25, 0.3) is 0 Å². The average molecular weight is 261 g/mol. The normalized spacial score (nSPS) is 10.9. The standard InChI is InChI=1S/C16H23NO2/c1-13(2)11-17(15(18)19-16(3,4)5)12-14-9-7-6-8-10-14/h6-10H,1,11-12H2,2-5H3. The number of hydrogen-bond acceptors (Lipinski definition) is 2. The Kier molecular flexibility index (Phi) is 5.16. The zero-order valence-corrected chi connectivity index (χ0v) is 12.3. The van der Waals surface area contributed by atoms with Crippen LogP contribution in [-0.2, 0) is 11.3 Å². The van der Waals surface area contributed by atoms with Crippen molar-refractivity contribution >= 4 is 6.09 Å². The SMILES string of the molecule is C=C(C)CN(Cc1ccccc1)C(=O)OC(C)(C)C. The van der Waals surface area contributed by atoms with Gasteiger partial charge in [-0.25, -0.2) is 4.79 Å². The molecular formula is C16H23NO2. The predicted octanol–water partition coefficient (Wildman–Crippen LogP) is 4.00. The van der Waals surface area contributed by atoms with Crippen molar-refractivity contribution in [3.8, 4) is 0 Å². The van der Waals surface area contributed by atoms with Gasteiger partial charge < -0.3 is 4.74 Å². The number of rotatable bonds is 4. The molecule has 0 unspecified atom stereocenters. The van der Waals surface area contributed by atoms with Crippen LogP contribution in [0, 0.1) is 0 Å². The molecule has 0 N–H and O–H groups in total. The highest BCUT2D eigenvalue weighted by atomic mass is 16.6. The smallest absolute Gasteiger partial charge is 0.410 e. The molecule has 0 radical (unpaired) electrons. The van der Waals surface area contributed by atoms with E-state index in [0.717, 1.165) is 11.1 Å². The first kappa shape index (κ1) is 15.3. The van der Waals surface area contributed by atoms with Gasteiger partial charge in [-0.2, -0.15) is 0 Å². The molecule has 0 aliphatic carbocycles. The molecule has 0 aliphatic rings. The lowest BCUT2D eigenvalue weighted by molar-refractivity contribution is 0.0252. The summed E-state index contributed by atoms with van der Waals surface area (Å²) >= 11 is 0. The van der Waals surface area contributed by atoms with Crippen LogP contribution >= 0.6 is 0 Å². The molecule has 0 saturated heterocycles. The second-order valence-electron chi connectivity index (χ2n) is 5.78. The van der Waals surface area contributed by atoms with E-state index in [1.54, 1.807) is 4.90 Å². The monoisotopic (exact) mass is 261 g/mol. The van der Waals surface area contributed by atoms with Crippen molar-refractivity contribution in [3.05, 3.63) is 48.0 Å². The van der Waals surface area contributed by atoms with Crippen LogP contribution in [-0.4, -0.2) is 23.1 Å². The minimum absolute atomic E-state index is 0.306. The fraction of sp³-hybridized carbons (Fsp3) is 0.438. The Bertz CT molecular complexity index is 432. The Hall–Kier alpha value is -1.77. The first-order valence-corrected chi connectivity index (χ1v) is 6.44. The van der Waals surface area contributed by atoms with Crippen LogP contribution < -0.4 is 0 Å². The van der Waals surface area contributed by atoms with Crippen LogP contribution in [0.5, 0.6) is 0 Å². The molecule has 0 aromatic heterocycles. The third-order valence-corrected chi connectivity index (χ3v) is 2.33. The number of carbonyl (C=O) groups excluding carboxylic acids is 1. The molecule has 3 heteroatoms. The predicted molar refractivity (Wildman–Crippen MR) is 77.9 cm³/mol. The summed E-state index contributed by atoms with van der Waals surface area (Å²) in [5, 5.41) is 0. The van der Waals surface area contributed by atoms with Crippen molar-refractivity contribution in [1.29, 1.82) is 0 Å². The van der Waals surface area contributed by atoms with Gasteiger partial charge in [-0.05, 0) is 33.3 Å². The molecular weight excluding hydrogens is 238 g/mol. The van der Waals surface area contributed by atoms with Gasteiger partial charge in [-0.15, -0.1) is 0 Å². The van der Waals surface area contributed by atoms with E-state index in [-0.39, 0.29) is 6.09 Å². The van der Waals surface area contributed by atoms with Crippen molar-refractivity contribution in [1.82, 2.24) is 4.90 Å². The summed E-state index contributed by atoms with van der Waals surface area (Å²) in [5.41, 5.74) is 1.53. The fourth-order valence-corrected chi connectivity index (χ4v) is 1.64. The number of nitrogens with zero attached hydrogens (tertiary/aromatic N) is 1. The van der Waals surface area contributed by atoms with Crippen molar-refractivity contribution < 1.29 is 9.53 Å². The summed E-state index contributed by atoms with van der Waals surface area (Å²) in [6, 6.07) is 9.87. The molecule has 1 aromatic rings. The number of hydrogen-bond donors (Lipinski definition) is 0. The third kappa shape index (κ3) is 6.09. The van der Waals surface area contributed by atoms with Crippen LogP contribution in [0.25, 0.3) is 0 Å². The maximum atomic E-state index is 12.2. The molecule has 0 saturated carbocycles. The molecule has 104 valence electrons. The molecule has 1 rings (SSSR count). The van der Waals surface area contributed by atoms with Gasteiger partial charge in [-0.3, -0.25) is 4.90 Å². The second-order valence-corrected chi connectivity index (χ2v) is 5.78. The average Bonchev–Trinajstić information content (AvgIpc) is 2.26. The minimum atomic E-state index is -0.485. The van der Waals surface area contributed by atoms with Gasteiger partial charge in [0, 0.05) is 13.1 Å². The lowest BCUT2D eigenvalue weighted by atomic mass is 10.2. The molecule has 3 nitrogen and oxygen atoms in total. The molecule has 0 spiro atoms. The molecule has 19 heavy (non-hydrogen) atoms. The first-order chi connectivity index (χ1) is 8.78. The lowest BCUT2D eigenvalue weighted by Crippen LogP contribution is -2.37. The van der Waals surface area contributed by atoms with Crippen molar-refractivity contribution in [2.24, 2.45) is 0 Å². The first-order valence-electron chi connectivity index (χ1n) is 6.44. The van der Waals surface area contributed by atoms with Crippen molar-refractivity contribution in [3.63, 3.8) is 0 Å².